The van der Waals surface area contributed by atoms with E-state index < -0.39 is 0 Å². The lowest BCUT2D eigenvalue weighted by atomic mass is 10.2. The van der Waals surface area contributed by atoms with E-state index in [0.717, 1.165) is 0 Å². The first kappa shape index (κ1) is 18.9. The molecule has 22 heavy (non-hydrogen) atoms. The number of hydrogen-bond donors (Lipinski definition) is 0. The summed E-state index contributed by atoms with van der Waals surface area (Å²) in [4.78, 5) is 27.6. The van der Waals surface area contributed by atoms with Crippen molar-refractivity contribution < 1.29 is 19.1 Å². The van der Waals surface area contributed by atoms with Crippen LogP contribution in [-0.2, 0) is 19.1 Å². The average Bonchev–Trinajstić information content (AvgIpc) is 2.40. The Morgan fingerprint density at radius 3 is 1.23 bits per heavy atom. The fraction of sp³-hybridized carbons (Fsp3) is 0.875. The summed E-state index contributed by atoms with van der Waals surface area (Å²) in [5.74, 6) is -0.0408. The molecule has 0 aliphatic carbocycles. The van der Waals surface area contributed by atoms with Crippen LogP contribution in [0, 0.1) is 0 Å². The van der Waals surface area contributed by atoms with E-state index in [-0.39, 0.29) is 36.2 Å². The van der Waals surface area contributed by atoms with E-state index in [1.54, 1.807) is 9.80 Å². The van der Waals surface area contributed by atoms with Crippen molar-refractivity contribution in [1.29, 1.82) is 0 Å². The van der Waals surface area contributed by atoms with Crippen molar-refractivity contribution in [1.82, 2.24) is 9.80 Å². The summed E-state index contributed by atoms with van der Waals surface area (Å²) >= 11 is 0. The average molecular weight is 314 g/mol. The molecule has 0 spiro atoms. The van der Waals surface area contributed by atoms with Gasteiger partial charge in [0.2, 0.25) is 11.8 Å². The van der Waals surface area contributed by atoms with Gasteiger partial charge in [0, 0.05) is 26.2 Å². The zero-order valence-electron chi connectivity index (χ0n) is 14.8. The molecule has 0 N–H and O–H groups in total. The van der Waals surface area contributed by atoms with Gasteiger partial charge in [-0.25, -0.2) is 0 Å². The van der Waals surface area contributed by atoms with Crippen molar-refractivity contribution in [3.63, 3.8) is 0 Å². The molecule has 2 amide bonds. The van der Waals surface area contributed by atoms with Gasteiger partial charge < -0.3 is 19.3 Å². The summed E-state index contributed by atoms with van der Waals surface area (Å²) < 4.78 is 11.0. The van der Waals surface area contributed by atoms with E-state index in [0.29, 0.717) is 26.2 Å². The molecule has 0 aromatic carbocycles. The Balaban J connectivity index is 2.33. The number of hydrogen-bond acceptors (Lipinski definition) is 4. The molecule has 0 aromatic rings. The number of carbonyl (C=O) groups is 2. The van der Waals surface area contributed by atoms with Crippen LogP contribution in [0.15, 0.2) is 0 Å². The lowest BCUT2D eigenvalue weighted by Crippen LogP contribution is -2.52. The molecule has 6 nitrogen and oxygen atoms in total. The van der Waals surface area contributed by atoms with Gasteiger partial charge in [-0.05, 0) is 41.5 Å². The van der Waals surface area contributed by atoms with Crippen LogP contribution < -0.4 is 0 Å². The Bertz CT molecular complexity index is 350. The Labute approximate surface area is 133 Å². The Morgan fingerprint density at radius 2 is 1.00 bits per heavy atom. The first-order chi connectivity index (χ1) is 9.98. The second-order valence-electron chi connectivity index (χ2n) is 7.56. The SMILES string of the molecule is CC(C)(C)OCC(=O)N1CCN(C(=O)COC(C)(C)C)CC1. The maximum absolute atomic E-state index is 12.1. The van der Waals surface area contributed by atoms with Gasteiger partial charge in [-0.2, -0.15) is 0 Å². The highest BCUT2D eigenvalue weighted by molar-refractivity contribution is 5.79. The Hall–Kier alpha value is -1.14. The normalized spacial score (nSPS) is 16.8. The van der Waals surface area contributed by atoms with Crippen LogP contribution in [0.5, 0.6) is 0 Å². The highest BCUT2D eigenvalue weighted by Gasteiger charge is 2.26. The summed E-state index contributed by atoms with van der Waals surface area (Å²) in [7, 11) is 0. The van der Waals surface area contributed by atoms with Gasteiger partial charge in [-0.3, -0.25) is 9.59 Å². The first-order valence-electron chi connectivity index (χ1n) is 7.81. The minimum atomic E-state index is -0.322. The first-order valence-corrected chi connectivity index (χ1v) is 7.81. The predicted octanol–water partition coefficient (Wildman–Crippen LogP) is 1.29. The number of nitrogens with zero attached hydrogens (tertiary/aromatic N) is 2. The molecule has 0 atom stereocenters. The quantitative estimate of drug-likeness (QED) is 0.784. The number of carbonyl (C=O) groups excluding carboxylic acids is 2. The van der Waals surface area contributed by atoms with Crippen molar-refractivity contribution >= 4 is 11.8 Å². The molecular weight excluding hydrogens is 284 g/mol. The Morgan fingerprint density at radius 1 is 0.727 bits per heavy atom. The molecule has 0 radical (unpaired) electrons. The van der Waals surface area contributed by atoms with Crippen LogP contribution in [0.2, 0.25) is 0 Å². The fourth-order valence-corrected chi connectivity index (χ4v) is 1.94. The molecule has 6 heteroatoms. The van der Waals surface area contributed by atoms with Gasteiger partial charge in [0.15, 0.2) is 0 Å². The predicted molar refractivity (Wildman–Crippen MR) is 84.6 cm³/mol. The van der Waals surface area contributed by atoms with Crippen LogP contribution in [0.3, 0.4) is 0 Å². The second-order valence-corrected chi connectivity index (χ2v) is 7.56. The molecule has 1 aliphatic heterocycles. The number of piperazine rings is 1. The van der Waals surface area contributed by atoms with Gasteiger partial charge in [0.25, 0.3) is 0 Å². The van der Waals surface area contributed by atoms with Gasteiger partial charge in [0.05, 0.1) is 11.2 Å². The van der Waals surface area contributed by atoms with Gasteiger partial charge in [-0.1, -0.05) is 0 Å². The minimum Gasteiger partial charge on any atom is -0.366 e. The van der Waals surface area contributed by atoms with E-state index in [2.05, 4.69) is 0 Å². The topological polar surface area (TPSA) is 59.1 Å². The van der Waals surface area contributed by atoms with E-state index in [9.17, 15) is 9.59 Å². The zero-order valence-corrected chi connectivity index (χ0v) is 14.8. The maximum atomic E-state index is 12.1. The third-order valence-electron chi connectivity index (χ3n) is 3.24. The fourth-order valence-electron chi connectivity index (χ4n) is 1.94. The largest absolute Gasteiger partial charge is 0.366 e. The van der Waals surface area contributed by atoms with Crippen molar-refractivity contribution in [2.75, 3.05) is 39.4 Å². The highest BCUT2D eigenvalue weighted by atomic mass is 16.5. The highest BCUT2D eigenvalue weighted by Crippen LogP contribution is 2.10. The van der Waals surface area contributed by atoms with E-state index in [4.69, 9.17) is 9.47 Å². The number of rotatable bonds is 4. The van der Waals surface area contributed by atoms with E-state index >= 15 is 0 Å². The van der Waals surface area contributed by atoms with Crippen LogP contribution in [0.25, 0.3) is 0 Å². The number of ether oxygens (including phenoxy) is 2. The third kappa shape index (κ3) is 7.22. The third-order valence-corrected chi connectivity index (χ3v) is 3.24. The van der Waals surface area contributed by atoms with Gasteiger partial charge in [-0.15, -0.1) is 0 Å². The van der Waals surface area contributed by atoms with Crippen LogP contribution in [0.1, 0.15) is 41.5 Å². The van der Waals surface area contributed by atoms with Crippen molar-refractivity contribution in [2.45, 2.75) is 52.7 Å². The monoisotopic (exact) mass is 314 g/mol. The molecule has 1 aliphatic rings. The van der Waals surface area contributed by atoms with Gasteiger partial charge >= 0.3 is 0 Å². The molecular formula is C16H30N2O4. The molecule has 1 saturated heterocycles. The Kier molecular flexibility index (Phi) is 6.38. The lowest BCUT2D eigenvalue weighted by molar-refractivity contribution is -0.149. The number of amides is 2. The van der Waals surface area contributed by atoms with Crippen LogP contribution >= 0.6 is 0 Å². The maximum Gasteiger partial charge on any atom is 0.248 e. The molecule has 0 bridgehead atoms. The molecule has 128 valence electrons. The second kappa shape index (κ2) is 7.42. The summed E-state index contributed by atoms with van der Waals surface area (Å²) in [6.45, 7) is 13.9. The molecule has 1 heterocycles. The van der Waals surface area contributed by atoms with Crippen LogP contribution in [0.4, 0.5) is 0 Å². The van der Waals surface area contributed by atoms with Crippen molar-refractivity contribution in [2.24, 2.45) is 0 Å². The molecule has 0 aromatic heterocycles. The van der Waals surface area contributed by atoms with Crippen molar-refractivity contribution in [3.8, 4) is 0 Å². The summed E-state index contributed by atoms with van der Waals surface area (Å²) in [6.07, 6.45) is 0. The summed E-state index contributed by atoms with van der Waals surface area (Å²) in [5.41, 5.74) is -0.643. The summed E-state index contributed by atoms with van der Waals surface area (Å²) in [5, 5.41) is 0. The summed E-state index contributed by atoms with van der Waals surface area (Å²) in [6, 6.07) is 0. The molecule has 1 rings (SSSR count). The zero-order chi connectivity index (χ0) is 17.0. The van der Waals surface area contributed by atoms with Crippen LogP contribution in [-0.4, -0.2) is 72.2 Å². The van der Waals surface area contributed by atoms with Crippen molar-refractivity contribution in [3.05, 3.63) is 0 Å². The smallest absolute Gasteiger partial charge is 0.248 e. The standard InChI is InChI=1S/C16H30N2O4/c1-15(2,3)21-11-13(19)17-7-9-18(10-8-17)14(20)12-22-16(4,5)6/h7-12H2,1-6H3. The lowest BCUT2D eigenvalue weighted by Gasteiger charge is -2.35. The molecule has 0 saturated carbocycles. The van der Waals surface area contributed by atoms with E-state index in [1.807, 2.05) is 41.5 Å². The van der Waals surface area contributed by atoms with E-state index in [1.165, 1.54) is 0 Å². The molecule has 0 unspecified atom stereocenters. The minimum absolute atomic E-state index is 0.0204. The van der Waals surface area contributed by atoms with Gasteiger partial charge in [0.1, 0.15) is 13.2 Å². The molecule has 1 fully saturated rings.